The third-order valence-corrected chi connectivity index (χ3v) is 5.11. The van der Waals surface area contributed by atoms with E-state index in [-0.39, 0.29) is 5.75 Å². The predicted molar refractivity (Wildman–Crippen MR) is 119 cm³/mol. The van der Waals surface area contributed by atoms with Crippen LogP contribution < -0.4 is 5.32 Å². The molecule has 0 saturated carbocycles. The van der Waals surface area contributed by atoms with Crippen molar-refractivity contribution in [1.82, 2.24) is 0 Å². The van der Waals surface area contributed by atoms with Gasteiger partial charge in [-0.05, 0) is 35.7 Å². The number of aliphatic carboxylic acids is 1. The molecule has 154 valence electrons. The van der Waals surface area contributed by atoms with E-state index in [0.717, 1.165) is 15.9 Å². The summed E-state index contributed by atoms with van der Waals surface area (Å²) in [6.07, 6.45) is 1.05. The second-order valence-electron chi connectivity index (χ2n) is 6.73. The standard InChI is InChI=1S/C23H20BrNO5/c1-14(6-13-21(27)28)22(30-23(29)25-16-9-7-15(24)8-10-16)19-11-12-20(26)18-5-3-2-4-17(18)19/h2-14,22,26H,1H3,(H,25,29)(H,27,28)/b13-6+/t14-,22-/m1/s1. The fourth-order valence-corrected chi connectivity index (χ4v) is 3.40. The van der Waals surface area contributed by atoms with Gasteiger partial charge in [0.05, 0.1) is 0 Å². The van der Waals surface area contributed by atoms with Gasteiger partial charge >= 0.3 is 12.1 Å². The Kier molecular flexibility index (Phi) is 6.74. The molecular weight excluding hydrogens is 450 g/mol. The summed E-state index contributed by atoms with van der Waals surface area (Å²) in [7, 11) is 0. The normalized spacial score (nSPS) is 13.1. The zero-order valence-corrected chi connectivity index (χ0v) is 17.7. The Morgan fingerprint density at radius 2 is 1.70 bits per heavy atom. The Hall–Kier alpha value is -3.32. The summed E-state index contributed by atoms with van der Waals surface area (Å²) in [4.78, 5) is 23.6. The number of carboxylic acids is 1. The summed E-state index contributed by atoms with van der Waals surface area (Å²) < 4.78 is 6.60. The van der Waals surface area contributed by atoms with Gasteiger partial charge in [-0.2, -0.15) is 0 Å². The molecule has 3 aromatic carbocycles. The third kappa shape index (κ3) is 5.18. The molecule has 0 heterocycles. The number of halogens is 1. The molecule has 0 unspecified atom stereocenters. The van der Waals surface area contributed by atoms with Crippen molar-refractivity contribution in [1.29, 1.82) is 0 Å². The highest BCUT2D eigenvalue weighted by Gasteiger charge is 2.25. The fourth-order valence-electron chi connectivity index (χ4n) is 3.14. The van der Waals surface area contributed by atoms with Crippen LogP contribution in [0.5, 0.6) is 5.75 Å². The first kappa shape index (κ1) is 21.4. The highest BCUT2D eigenvalue weighted by atomic mass is 79.9. The SMILES string of the molecule is C[C@H](/C=C/C(=O)O)[C@@H](OC(=O)Nc1ccc(Br)cc1)c1ccc(O)c2ccccc12. The van der Waals surface area contributed by atoms with Crippen molar-refractivity contribution in [2.75, 3.05) is 5.32 Å². The number of rotatable bonds is 6. The number of aromatic hydroxyl groups is 1. The number of hydrogen-bond acceptors (Lipinski definition) is 4. The van der Waals surface area contributed by atoms with Crippen LogP contribution in [0.25, 0.3) is 10.8 Å². The number of nitrogens with one attached hydrogen (secondary N) is 1. The number of benzene rings is 3. The van der Waals surface area contributed by atoms with E-state index in [1.54, 1.807) is 49.4 Å². The Bertz CT molecular complexity index is 1090. The zero-order chi connectivity index (χ0) is 21.7. The molecule has 0 aliphatic rings. The minimum absolute atomic E-state index is 0.112. The number of carbonyl (C=O) groups is 2. The van der Waals surface area contributed by atoms with E-state index in [0.29, 0.717) is 16.6 Å². The first-order valence-electron chi connectivity index (χ1n) is 9.20. The number of ether oxygens (including phenoxy) is 1. The maximum absolute atomic E-state index is 12.6. The van der Waals surface area contributed by atoms with Crippen LogP contribution in [-0.2, 0) is 9.53 Å². The van der Waals surface area contributed by atoms with Gasteiger partial charge in [0.1, 0.15) is 11.9 Å². The molecule has 0 aromatic heterocycles. The Labute approximate surface area is 181 Å². The van der Waals surface area contributed by atoms with Crippen molar-refractivity contribution >= 4 is 44.5 Å². The lowest BCUT2D eigenvalue weighted by Gasteiger charge is -2.24. The quantitative estimate of drug-likeness (QED) is 0.392. The van der Waals surface area contributed by atoms with Gasteiger partial charge in [-0.25, -0.2) is 9.59 Å². The number of fused-ring (bicyclic) bond motifs is 1. The average molecular weight is 470 g/mol. The molecule has 7 heteroatoms. The Morgan fingerprint density at radius 1 is 1.03 bits per heavy atom. The van der Waals surface area contributed by atoms with Gasteiger partial charge in [0.2, 0.25) is 0 Å². The van der Waals surface area contributed by atoms with Crippen LogP contribution in [0.15, 0.2) is 77.3 Å². The van der Waals surface area contributed by atoms with Crippen molar-refractivity contribution in [3.05, 3.63) is 82.9 Å². The van der Waals surface area contributed by atoms with Crippen molar-refractivity contribution < 1.29 is 24.5 Å². The molecule has 3 rings (SSSR count). The molecular formula is C23H20BrNO5. The summed E-state index contributed by atoms with van der Waals surface area (Å²) in [6.45, 7) is 1.76. The molecule has 2 atom stereocenters. The maximum Gasteiger partial charge on any atom is 0.412 e. The van der Waals surface area contributed by atoms with Crippen molar-refractivity contribution in [2.24, 2.45) is 5.92 Å². The lowest BCUT2D eigenvalue weighted by Crippen LogP contribution is -2.21. The van der Waals surface area contributed by atoms with E-state index in [1.165, 1.54) is 12.1 Å². The van der Waals surface area contributed by atoms with Crippen LogP contribution in [0.1, 0.15) is 18.6 Å². The molecule has 0 fully saturated rings. The number of carbonyl (C=O) groups excluding carboxylic acids is 1. The summed E-state index contributed by atoms with van der Waals surface area (Å²) in [5.74, 6) is -1.42. The molecule has 0 radical (unpaired) electrons. The molecule has 1 amide bonds. The average Bonchev–Trinajstić information content (AvgIpc) is 2.73. The number of carboxylic acid groups (broad SMARTS) is 1. The van der Waals surface area contributed by atoms with Gasteiger partial charge in [-0.15, -0.1) is 0 Å². The lowest BCUT2D eigenvalue weighted by molar-refractivity contribution is -0.131. The van der Waals surface area contributed by atoms with Gasteiger partial charge in [0.15, 0.2) is 0 Å². The molecule has 0 bridgehead atoms. The maximum atomic E-state index is 12.6. The minimum Gasteiger partial charge on any atom is -0.507 e. The minimum atomic E-state index is -1.09. The van der Waals surface area contributed by atoms with Crippen LogP contribution in [0.3, 0.4) is 0 Å². The molecule has 0 spiro atoms. The van der Waals surface area contributed by atoms with E-state index in [4.69, 9.17) is 9.84 Å². The monoisotopic (exact) mass is 469 g/mol. The van der Waals surface area contributed by atoms with Gasteiger partial charge in [-0.3, -0.25) is 5.32 Å². The van der Waals surface area contributed by atoms with Crippen LogP contribution in [0, 0.1) is 5.92 Å². The summed E-state index contributed by atoms with van der Waals surface area (Å²) in [5.41, 5.74) is 1.23. The predicted octanol–water partition coefficient (Wildman–Crippen LogP) is 5.87. The molecule has 6 nitrogen and oxygen atoms in total. The van der Waals surface area contributed by atoms with E-state index in [9.17, 15) is 14.7 Å². The van der Waals surface area contributed by atoms with Gasteiger partial charge in [0, 0.05) is 33.1 Å². The topological polar surface area (TPSA) is 95.9 Å². The van der Waals surface area contributed by atoms with Crippen molar-refractivity contribution in [3.63, 3.8) is 0 Å². The Balaban J connectivity index is 1.95. The number of anilines is 1. The van der Waals surface area contributed by atoms with Gasteiger partial charge < -0.3 is 14.9 Å². The highest BCUT2D eigenvalue weighted by Crippen LogP contribution is 2.36. The molecule has 0 saturated heterocycles. The van der Waals surface area contributed by atoms with Gasteiger partial charge in [-0.1, -0.05) is 59.3 Å². The second-order valence-corrected chi connectivity index (χ2v) is 7.65. The molecule has 0 aliphatic heterocycles. The number of phenolic OH excluding ortho intramolecular Hbond substituents is 1. The summed E-state index contributed by atoms with van der Waals surface area (Å²) in [5, 5.41) is 23.2. The van der Waals surface area contributed by atoms with Crippen molar-refractivity contribution in [2.45, 2.75) is 13.0 Å². The van der Waals surface area contributed by atoms with E-state index >= 15 is 0 Å². The zero-order valence-electron chi connectivity index (χ0n) is 16.1. The lowest BCUT2D eigenvalue weighted by atomic mass is 9.92. The first-order valence-corrected chi connectivity index (χ1v) is 9.99. The summed E-state index contributed by atoms with van der Waals surface area (Å²) >= 11 is 3.34. The van der Waals surface area contributed by atoms with Crippen LogP contribution in [0.4, 0.5) is 10.5 Å². The molecule has 3 aromatic rings. The summed E-state index contributed by atoms with van der Waals surface area (Å²) in [6, 6.07) is 17.5. The van der Waals surface area contributed by atoms with Gasteiger partial charge in [0.25, 0.3) is 0 Å². The van der Waals surface area contributed by atoms with Crippen LogP contribution in [-0.4, -0.2) is 22.3 Å². The molecule has 3 N–H and O–H groups in total. The molecule has 30 heavy (non-hydrogen) atoms. The smallest absolute Gasteiger partial charge is 0.412 e. The Morgan fingerprint density at radius 3 is 2.37 bits per heavy atom. The van der Waals surface area contributed by atoms with Crippen LogP contribution in [0.2, 0.25) is 0 Å². The second kappa shape index (κ2) is 9.45. The third-order valence-electron chi connectivity index (χ3n) is 4.59. The first-order chi connectivity index (χ1) is 14.3. The van der Waals surface area contributed by atoms with E-state index in [1.807, 2.05) is 12.1 Å². The fraction of sp³-hybridized carbons (Fsp3) is 0.130. The number of hydrogen-bond donors (Lipinski definition) is 3. The van der Waals surface area contributed by atoms with Crippen molar-refractivity contribution in [3.8, 4) is 5.75 Å². The molecule has 0 aliphatic carbocycles. The van der Waals surface area contributed by atoms with E-state index < -0.39 is 24.1 Å². The number of amides is 1. The highest BCUT2D eigenvalue weighted by molar-refractivity contribution is 9.10. The largest absolute Gasteiger partial charge is 0.507 e. The van der Waals surface area contributed by atoms with E-state index in [2.05, 4.69) is 21.2 Å². The number of phenols is 1. The van der Waals surface area contributed by atoms with Crippen LogP contribution >= 0.6 is 15.9 Å².